The van der Waals surface area contributed by atoms with Gasteiger partial charge in [-0.2, -0.15) is 4.98 Å². The first-order valence-corrected chi connectivity index (χ1v) is 10.7. The number of aromatic nitrogens is 2. The van der Waals surface area contributed by atoms with Crippen molar-refractivity contribution in [3.8, 4) is 0 Å². The van der Waals surface area contributed by atoms with E-state index in [1.165, 1.54) is 0 Å². The molecule has 10 nitrogen and oxygen atoms in total. The molecule has 11 heteroatoms. The number of rotatable bonds is 8. The highest BCUT2D eigenvalue weighted by molar-refractivity contribution is 5.70. The van der Waals surface area contributed by atoms with Crippen LogP contribution in [-0.4, -0.2) is 46.5 Å². The summed E-state index contributed by atoms with van der Waals surface area (Å²) in [5, 5.41) is 28.4. The van der Waals surface area contributed by atoms with Gasteiger partial charge in [0.1, 0.15) is 0 Å². The lowest BCUT2D eigenvalue weighted by atomic mass is 10.1. The smallest absolute Gasteiger partial charge is 0.229 e. The number of fused-ring (bicyclic) bond motifs is 2. The number of benzene rings is 2. The number of nitrogens with zero attached hydrogens (tertiary/aromatic N) is 4. The van der Waals surface area contributed by atoms with Gasteiger partial charge in [-0.1, -0.05) is 12.1 Å². The Hall–Kier alpha value is -3.51. The monoisotopic (exact) mass is 452 g/mol. The Morgan fingerprint density at radius 1 is 0.879 bits per heavy atom. The van der Waals surface area contributed by atoms with Crippen LogP contribution in [-0.2, 0) is 13.1 Å². The third kappa shape index (κ3) is 4.39. The number of hydrogen-bond acceptors (Lipinski definition) is 10. The quantitative estimate of drug-likeness (QED) is 0.301. The fourth-order valence-corrected chi connectivity index (χ4v) is 4.00. The lowest BCUT2D eigenvalue weighted by Gasteiger charge is -2.19. The first-order chi connectivity index (χ1) is 16.1. The van der Waals surface area contributed by atoms with Gasteiger partial charge in [0.2, 0.25) is 5.95 Å². The van der Waals surface area contributed by atoms with Crippen LogP contribution in [0.5, 0.6) is 0 Å². The lowest BCUT2D eigenvalue weighted by molar-refractivity contribution is 0.298. The molecule has 0 atom stereocenters. The van der Waals surface area contributed by atoms with Crippen molar-refractivity contribution in [2.75, 3.05) is 47.0 Å². The van der Waals surface area contributed by atoms with Crippen molar-refractivity contribution in [3.63, 3.8) is 0 Å². The zero-order valence-corrected chi connectivity index (χ0v) is 17.8. The maximum absolute atomic E-state index is 14.5. The molecule has 0 fully saturated rings. The SMILES string of the molecule is OCCN1NCc2ccc(Nc3ncc(F)c(Nc4ccc5c(c4)N(CCO)NC5)n3)cc21. The molecular weight excluding hydrogens is 427 g/mol. The van der Waals surface area contributed by atoms with Gasteiger partial charge in [-0.15, -0.1) is 0 Å². The van der Waals surface area contributed by atoms with E-state index in [0.717, 1.165) is 34.4 Å². The number of anilines is 6. The van der Waals surface area contributed by atoms with Crippen molar-refractivity contribution in [3.05, 3.63) is 59.5 Å². The van der Waals surface area contributed by atoms with E-state index in [2.05, 4.69) is 31.5 Å². The van der Waals surface area contributed by atoms with Crippen LogP contribution in [0.25, 0.3) is 0 Å². The summed E-state index contributed by atoms with van der Waals surface area (Å²) < 4.78 is 14.5. The molecule has 0 amide bonds. The minimum absolute atomic E-state index is 0.0240. The summed E-state index contributed by atoms with van der Waals surface area (Å²) in [6.07, 6.45) is 1.12. The highest BCUT2D eigenvalue weighted by Crippen LogP contribution is 2.31. The van der Waals surface area contributed by atoms with Crippen molar-refractivity contribution >= 4 is 34.5 Å². The predicted molar refractivity (Wildman–Crippen MR) is 124 cm³/mol. The Bertz CT molecular complexity index is 1160. The fraction of sp³-hybridized carbons (Fsp3) is 0.273. The summed E-state index contributed by atoms with van der Waals surface area (Å²) in [6, 6.07) is 11.5. The van der Waals surface area contributed by atoms with Crippen molar-refractivity contribution in [1.82, 2.24) is 20.8 Å². The second kappa shape index (κ2) is 9.16. The van der Waals surface area contributed by atoms with Gasteiger partial charge in [-0.25, -0.2) is 20.2 Å². The molecule has 0 aliphatic carbocycles. The molecule has 6 N–H and O–H groups in total. The van der Waals surface area contributed by atoms with Crippen molar-refractivity contribution in [1.29, 1.82) is 0 Å². The van der Waals surface area contributed by atoms with Crippen molar-refractivity contribution in [2.24, 2.45) is 0 Å². The van der Waals surface area contributed by atoms with E-state index in [0.29, 0.717) is 31.9 Å². The summed E-state index contributed by atoms with van der Waals surface area (Å²) >= 11 is 0. The minimum atomic E-state index is -0.571. The molecule has 2 aliphatic heterocycles. The second-order valence-corrected chi connectivity index (χ2v) is 7.75. The van der Waals surface area contributed by atoms with Crippen LogP contribution >= 0.6 is 0 Å². The normalized spacial score (nSPS) is 14.4. The van der Waals surface area contributed by atoms with Gasteiger partial charge in [0.15, 0.2) is 11.6 Å². The first kappa shape index (κ1) is 21.3. The maximum Gasteiger partial charge on any atom is 0.229 e. The third-order valence-electron chi connectivity index (χ3n) is 5.58. The first-order valence-electron chi connectivity index (χ1n) is 10.7. The van der Waals surface area contributed by atoms with E-state index in [1.807, 2.05) is 46.4 Å². The highest BCUT2D eigenvalue weighted by atomic mass is 19.1. The number of nitrogens with one attached hydrogen (secondary N) is 4. The van der Waals surface area contributed by atoms with E-state index < -0.39 is 5.82 Å². The summed E-state index contributed by atoms with van der Waals surface area (Å²) in [6.45, 7) is 2.37. The molecule has 0 unspecified atom stereocenters. The van der Waals surface area contributed by atoms with Gasteiger partial charge in [0.05, 0.1) is 43.9 Å². The molecule has 3 heterocycles. The second-order valence-electron chi connectivity index (χ2n) is 7.75. The molecule has 33 heavy (non-hydrogen) atoms. The predicted octanol–water partition coefficient (Wildman–Crippen LogP) is 1.74. The Balaban J connectivity index is 1.35. The number of hydrogen-bond donors (Lipinski definition) is 6. The van der Waals surface area contributed by atoms with E-state index in [9.17, 15) is 14.6 Å². The Morgan fingerprint density at radius 3 is 2.03 bits per heavy atom. The molecule has 172 valence electrons. The van der Waals surface area contributed by atoms with E-state index >= 15 is 0 Å². The molecule has 1 aromatic heterocycles. The number of halogens is 1. The highest BCUT2D eigenvalue weighted by Gasteiger charge is 2.20. The average molecular weight is 452 g/mol. The van der Waals surface area contributed by atoms with E-state index in [-0.39, 0.29) is 25.0 Å². The summed E-state index contributed by atoms with van der Waals surface area (Å²) in [7, 11) is 0. The fourth-order valence-electron chi connectivity index (χ4n) is 4.00. The molecular formula is C22H25FN8O2. The largest absolute Gasteiger partial charge is 0.394 e. The molecule has 2 aliphatic rings. The molecule has 0 bridgehead atoms. The molecule has 0 radical (unpaired) electrons. The maximum atomic E-state index is 14.5. The Morgan fingerprint density at radius 2 is 1.45 bits per heavy atom. The summed E-state index contributed by atoms with van der Waals surface area (Å²) in [5.74, 6) is -0.265. The van der Waals surface area contributed by atoms with Crippen LogP contribution in [0, 0.1) is 5.82 Å². The zero-order chi connectivity index (χ0) is 22.8. The van der Waals surface area contributed by atoms with Crippen molar-refractivity contribution in [2.45, 2.75) is 13.1 Å². The summed E-state index contributed by atoms with van der Waals surface area (Å²) in [4.78, 5) is 8.38. The molecule has 0 saturated heterocycles. The molecule has 2 aromatic carbocycles. The minimum Gasteiger partial charge on any atom is -0.394 e. The number of hydrazine groups is 2. The van der Waals surface area contributed by atoms with E-state index in [4.69, 9.17) is 0 Å². The van der Waals surface area contributed by atoms with Crippen LogP contribution in [0.2, 0.25) is 0 Å². The topological polar surface area (TPSA) is 121 Å². The van der Waals surface area contributed by atoms with Crippen LogP contribution in [0.1, 0.15) is 11.1 Å². The third-order valence-corrected chi connectivity index (χ3v) is 5.58. The summed E-state index contributed by atoms with van der Waals surface area (Å²) in [5.41, 5.74) is 12.0. The number of aliphatic hydroxyl groups excluding tert-OH is 2. The number of aliphatic hydroxyl groups is 2. The van der Waals surface area contributed by atoms with Crippen LogP contribution in [0.4, 0.5) is 38.9 Å². The lowest BCUT2D eigenvalue weighted by Crippen LogP contribution is -2.34. The van der Waals surface area contributed by atoms with Gasteiger partial charge >= 0.3 is 0 Å². The standard InChI is InChI=1S/C22H25FN8O2/c23-18-13-24-22(28-17-4-2-15-12-26-31(6-8-33)20(15)10-17)29-21(18)27-16-3-1-14-11-25-30(5-7-32)19(14)9-16/h1-4,9-10,13,25-26,32-33H,5-8,11-12H2,(H2,24,27,28,29). The van der Waals surface area contributed by atoms with Crippen molar-refractivity contribution < 1.29 is 14.6 Å². The number of β-amino-alcohol motifs (C(OH)–C–C–N with tert-alkyl or cyclic N) is 2. The van der Waals surface area contributed by atoms with Gasteiger partial charge in [0.25, 0.3) is 0 Å². The van der Waals surface area contributed by atoms with E-state index in [1.54, 1.807) is 0 Å². The molecule has 0 spiro atoms. The van der Waals surface area contributed by atoms with Gasteiger partial charge in [-0.05, 0) is 35.4 Å². The Kier molecular flexibility index (Phi) is 5.92. The van der Waals surface area contributed by atoms with Gasteiger partial charge < -0.3 is 30.9 Å². The van der Waals surface area contributed by atoms with Gasteiger partial charge in [-0.3, -0.25) is 0 Å². The zero-order valence-electron chi connectivity index (χ0n) is 17.8. The van der Waals surface area contributed by atoms with Gasteiger partial charge in [0, 0.05) is 24.5 Å². The van der Waals surface area contributed by atoms with Crippen LogP contribution in [0.3, 0.4) is 0 Å². The molecule has 0 saturated carbocycles. The van der Waals surface area contributed by atoms with Crippen LogP contribution in [0.15, 0.2) is 42.6 Å². The molecule has 3 aromatic rings. The molecule has 5 rings (SSSR count). The van der Waals surface area contributed by atoms with Crippen LogP contribution < -0.4 is 31.5 Å². The Labute approximate surface area is 190 Å². The average Bonchev–Trinajstić information content (AvgIpc) is 3.40.